The molecule has 20 heavy (non-hydrogen) atoms. The molecule has 1 aromatic heterocycles. The molecule has 3 nitrogen and oxygen atoms in total. The van der Waals surface area contributed by atoms with E-state index in [4.69, 9.17) is 5.73 Å². The summed E-state index contributed by atoms with van der Waals surface area (Å²) in [6.07, 6.45) is 7.46. The summed E-state index contributed by atoms with van der Waals surface area (Å²) in [5.74, 6) is 0.970. The monoisotopic (exact) mass is 331 g/mol. The van der Waals surface area contributed by atoms with Gasteiger partial charge in [-0.25, -0.2) is 0 Å². The lowest BCUT2D eigenvalue weighted by molar-refractivity contribution is 0.467. The van der Waals surface area contributed by atoms with Crippen molar-refractivity contribution in [1.29, 1.82) is 0 Å². The number of pyridine rings is 1. The quantitative estimate of drug-likeness (QED) is 0.826. The molecule has 2 saturated carbocycles. The van der Waals surface area contributed by atoms with Gasteiger partial charge in [0.2, 0.25) is 0 Å². The van der Waals surface area contributed by atoms with Crippen molar-refractivity contribution < 1.29 is 0 Å². The van der Waals surface area contributed by atoms with Crippen LogP contribution in [0.15, 0.2) is 28.9 Å². The molecule has 0 atom stereocenters. The van der Waals surface area contributed by atoms with E-state index in [0.717, 1.165) is 39.2 Å². The normalized spacial score (nSPS) is 20.1. The van der Waals surface area contributed by atoms with Crippen LogP contribution in [-0.2, 0) is 0 Å². The van der Waals surface area contributed by atoms with Crippen LogP contribution >= 0.6 is 15.9 Å². The molecule has 0 unspecified atom stereocenters. The summed E-state index contributed by atoms with van der Waals surface area (Å²) in [6.45, 7) is 1.08. The second-order valence-electron chi connectivity index (χ2n) is 6.24. The Morgan fingerprint density at radius 3 is 2.85 bits per heavy atom. The first kappa shape index (κ1) is 12.5. The molecule has 4 rings (SSSR count). The Bertz CT molecular complexity index is 675. The van der Waals surface area contributed by atoms with Crippen molar-refractivity contribution in [2.75, 3.05) is 17.6 Å². The molecule has 2 fully saturated rings. The zero-order valence-corrected chi connectivity index (χ0v) is 12.9. The van der Waals surface area contributed by atoms with Gasteiger partial charge in [-0.3, -0.25) is 4.98 Å². The number of nitrogen functional groups attached to an aromatic ring is 1. The summed E-state index contributed by atoms with van der Waals surface area (Å²) in [5, 5.41) is 4.64. The average Bonchev–Trinajstić information content (AvgIpc) is 3.31. The maximum Gasteiger partial charge on any atom is 0.0954 e. The van der Waals surface area contributed by atoms with Gasteiger partial charge in [-0.05, 0) is 71.1 Å². The maximum absolute atomic E-state index is 6.06. The Kier molecular flexibility index (Phi) is 2.71. The summed E-state index contributed by atoms with van der Waals surface area (Å²) in [4.78, 5) is 4.53. The molecule has 4 heteroatoms. The SMILES string of the molecule is Nc1ccc(NCC2(C3CC3)CC2)c2ncc(Br)cc12. The highest BCUT2D eigenvalue weighted by Gasteiger charge is 2.53. The third-order valence-electron chi connectivity index (χ3n) is 4.82. The molecule has 0 bridgehead atoms. The second-order valence-corrected chi connectivity index (χ2v) is 7.16. The lowest BCUT2D eigenvalue weighted by atomic mass is 10.0. The van der Waals surface area contributed by atoms with Crippen molar-refractivity contribution in [1.82, 2.24) is 4.98 Å². The van der Waals surface area contributed by atoms with Crippen LogP contribution < -0.4 is 11.1 Å². The van der Waals surface area contributed by atoms with Crippen molar-refractivity contribution >= 4 is 38.2 Å². The van der Waals surface area contributed by atoms with Crippen LogP contribution in [0.2, 0.25) is 0 Å². The van der Waals surface area contributed by atoms with Gasteiger partial charge < -0.3 is 11.1 Å². The number of hydrogen-bond donors (Lipinski definition) is 2. The summed E-state index contributed by atoms with van der Waals surface area (Å²) < 4.78 is 0.963. The topological polar surface area (TPSA) is 50.9 Å². The predicted octanol–water partition coefficient (Wildman–Crippen LogP) is 4.18. The van der Waals surface area contributed by atoms with Gasteiger partial charge in [-0.1, -0.05) is 0 Å². The molecule has 0 saturated heterocycles. The molecule has 1 heterocycles. The van der Waals surface area contributed by atoms with Gasteiger partial charge in [0.05, 0.1) is 11.2 Å². The van der Waals surface area contributed by atoms with Gasteiger partial charge in [-0.15, -0.1) is 0 Å². The van der Waals surface area contributed by atoms with Crippen molar-refractivity contribution in [2.24, 2.45) is 11.3 Å². The van der Waals surface area contributed by atoms with E-state index in [-0.39, 0.29) is 0 Å². The number of nitrogens with two attached hydrogens (primary N) is 1. The largest absolute Gasteiger partial charge is 0.398 e. The Morgan fingerprint density at radius 2 is 2.15 bits per heavy atom. The molecule has 3 N–H and O–H groups in total. The molecule has 2 aromatic rings. The maximum atomic E-state index is 6.06. The first-order chi connectivity index (χ1) is 9.68. The number of rotatable bonds is 4. The average molecular weight is 332 g/mol. The minimum absolute atomic E-state index is 0.586. The highest BCUT2D eigenvalue weighted by atomic mass is 79.9. The van der Waals surface area contributed by atoms with Crippen molar-refractivity contribution in [3.05, 3.63) is 28.9 Å². The fraction of sp³-hybridized carbons (Fsp3) is 0.438. The Morgan fingerprint density at radius 1 is 1.35 bits per heavy atom. The van der Waals surface area contributed by atoms with E-state index in [9.17, 15) is 0 Å². The van der Waals surface area contributed by atoms with Gasteiger partial charge in [-0.2, -0.15) is 0 Å². The minimum atomic E-state index is 0.586. The van der Waals surface area contributed by atoms with E-state index < -0.39 is 0 Å². The van der Waals surface area contributed by atoms with Crippen LogP contribution in [0.3, 0.4) is 0 Å². The predicted molar refractivity (Wildman–Crippen MR) is 86.7 cm³/mol. The number of fused-ring (bicyclic) bond motifs is 1. The Labute approximate surface area is 127 Å². The van der Waals surface area contributed by atoms with Crippen LogP contribution in [-0.4, -0.2) is 11.5 Å². The van der Waals surface area contributed by atoms with Gasteiger partial charge in [0, 0.05) is 28.3 Å². The summed E-state index contributed by atoms with van der Waals surface area (Å²) in [6, 6.07) is 6.06. The molecule has 0 amide bonds. The highest BCUT2D eigenvalue weighted by molar-refractivity contribution is 9.10. The zero-order chi connectivity index (χ0) is 13.7. The van der Waals surface area contributed by atoms with Crippen LogP contribution in [0.25, 0.3) is 10.9 Å². The lowest BCUT2D eigenvalue weighted by Gasteiger charge is -2.17. The third-order valence-corrected chi connectivity index (χ3v) is 5.25. The number of anilines is 2. The fourth-order valence-corrected chi connectivity index (χ4v) is 3.55. The van der Waals surface area contributed by atoms with Gasteiger partial charge in [0.25, 0.3) is 0 Å². The number of hydrogen-bond acceptors (Lipinski definition) is 3. The van der Waals surface area contributed by atoms with Crippen molar-refractivity contribution in [2.45, 2.75) is 25.7 Å². The first-order valence-electron chi connectivity index (χ1n) is 7.26. The van der Waals surface area contributed by atoms with E-state index in [1.54, 1.807) is 0 Å². The molecule has 0 radical (unpaired) electrons. The van der Waals surface area contributed by atoms with Gasteiger partial charge in [0.15, 0.2) is 0 Å². The van der Waals surface area contributed by atoms with Crippen molar-refractivity contribution in [3.8, 4) is 0 Å². The van der Waals surface area contributed by atoms with Crippen molar-refractivity contribution in [3.63, 3.8) is 0 Å². The van der Waals surface area contributed by atoms with Crippen LogP contribution in [0, 0.1) is 11.3 Å². The van der Waals surface area contributed by atoms with E-state index in [1.807, 2.05) is 18.3 Å². The highest BCUT2D eigenvalue weighted by Crippen LogP contribution is 2.61. The standard InChI is InChI=1S/C16H18BrN3/c17-11-7-12-13(18)3-4-14(15(12)19-8-11)20-9-16(5-6-16)10-1-2-10/h3-4,7-8,10,20H,1-2,5-6,9,18H2. The lowest BCUT2D eigenvalue weighted by Crippen LogP contribution is -2.17. The number of nitrogens with zero attached hydrogens (tertiary/aromatic N) is 1. The second kappa shape index (κ2) is 4.35. The molecular weight excluding hydrogens is 314 g/mol. The number of benzene rings is 1. The molecular formula is C16H18BrN3. The van der Waals surface area contributed by atoms with Crippen LogP contribution in [0.5, 0.6) is 0 Å². The molecule has 0 spiro atoms. The fourth-order valence-electron chi connectivity index (χ4n) is 3.22. The summed E-state index contributed by atoms with van der Waals surface area (Å²) in [5.41, 5.74) is 9.50. The first-order valence-corrected chi connectivity index (χ1v) is 8.05. The number of nitrogens with one attached hydrogen (secondary N) is 1. The molecule has 2 aliphatic carbocycles. The summed E-state index contributed by atoms with van der Waals surface area (Å²) >= 11 is 3.46. The van der Waals surface area contributed by atoms with Gasteiger partial charge >= 0.3 is 0 Å². The smallest absolute Gasteiger partial charge is 0.0954 e. The van der Waals surface area contributed by atoms with E-state index in [2.05, 4.69) is 32.3 Å². The number of aromatic nitrogens is 1. The van der Waals surface area contributed by atoms with Crippen LogP contribution in [0.4, 0.5) is 11.4 Å². The molecule has 104 valence electrons. The minimum Gasteiger partial charge on any atom is -0.398 e. The van der Waals surface area contributed by atoms with E-state index in [0.29, 0.717) is 5.41 Å². The molecule has 0 aliphatic heterocycles. The van der Waals surface area contributed by atoms with Crippen LogP contribution in [0.1, 0.15) is 25.7 Å². The zero-order valence-electron chi connectivity index (χ0n) is 11.3. The summed E-state index contributed by atoms with van der Waals surface area (Å²) in [7, 11) is 0. The molecule has 2 aliphatic rings. The third kappa shape index (κ3) is 2.06. The van der Waals surface area contributed by atoms with E-state index >= 15 is 0 Å². The van der Waals surface area contributed by atoms with Gasteiger partial charge in [0.1, 0.15) is 0 Å². The Hall–Kier alpha value is -1.29. The molecule has 1 aromatic carbocycles. The number of halogens is 1. The van der Waals surface area contributed by atoms with E-state index in [1.165, 1.54) is 25.7 Å². The Balaban J connectivity index is 1.64.